The second-order valence-corrected chi connectivity index (χ2v) is 13.7. The lowest BCUT2D eigenvalue weighted by Gasteiger charge is -2.36. The number of hydrogen-bond acceptors (Lipinski definition) is 2. The SMILES string of the molecule is C=CC(CC/C=C\C)CNCCNCCCCC(CC)CCCCC(CC1CCC1)C(CCCC)C1=CCCCC1. The number of nitrogens with one attached hydrogen (secondary N) is 2. The molecule has 41 heavy (non-hydrogen) atoms. The Hall–Kier alpha value is -0.860. The van der Waals surface area contributed by atoms with Crippen LogP contribution in [-0.2, 0) is 0 Å². The molecule has 1 saturated carbocycles. The average molecular weight is 569 g/mol. The molecule has 0 aromatic heterocycles. The van der Waals surface area contributed by atoms with Gasteiger partial charge in [-0.25, -0.2) is 0 Å². The summed E-state index contributed by atoms with van der Waals surface area (Å²) in [6, 6.07) is 0. The van der Waals surface area contributed by atoms with E-state index in [0.717, 1.165) is 49.7 Å². The first-order chi connectivity index (χ1) is 20.2. The Morgan fingerprint density at radius 1 is 0.878 bits per heavy atom. The van der Waals surface area contributed by atoms with Crippen LogP contribution in [0.4, 0.5) is 0 Å². The van der Waals surface area contributed by atoms with Crippen molar-refractivity contribution >= 4 is 0 Å². The number of allylic oxidation sites excluding steroid dienone is 4. The van der Waals surface area contributed by atoms with Gasteiger partial charge < -0.3 is 10.6 Å². The van der Waals surface area contributed by atoms with Gasteiger partial charge >= 0.3 is 0 Å². The van der Waals surface area contributed by atoms with Gasteiger partial charge in [0.25, 0.3) is 0 Å². The van der Waals surface area contributed by atoms with Gasteiger partial charge in [-0.1, -0.05) is 114 Å². The van der Waals surface area contributed by atoms with E-state index < -0.39 is 0 Å². The van der Waals surface area contributed by atoms with Crippen molar-refractivity contribution in [1.29, 1.82) is 0 Å². The highest BCUT2D eigenvalue weighted by atomic mass is 14.9. The largest absolute Gasteiger partial charge is 0.315 e. The number of hydrogen-bond donors (Lipinski definition) is 2. The van der Waals surface area contributed by atoms with Gasteiger partial charge in [-0.2, -0.15) is 0 Å². The Labute approximate surface area is 258 Å². The van der Waals surface area contributed by atoms with Gasteiger partial charge in [0.15, 0.2) is 0 Å². The predicted octanol–water partition coefficient (Wildman–Crippen LogP) is 11.2. The van der Waals surface area contributed by atoms with E-state index in [2.05, 4.69) is 62.3 Å². The van der Waals surface area contributed by atoms with Crippen LogP contribution in [0.25, 0.3) is 0 Å². The molecule has 2 nitrogen and oxygen atoms in total. The first kappa shape index (κ1) is 36.3. The minimum Gasteiger partial charge on any atom is -0.315 e. The van der Waals surface area contributed by atoms with Crippen molar-refractivity contribution < 1.29 is 0 Å². The first-order valence-electron chi connectivity index (χ1n) is 18.6. The van der Waals surface area contributed by atoms with Gasteiger partial charge in [-0.05, 0) is 107 Å². The van der Waals surface area contributed by atoms with Gasteiger partial charge in [0.2, 0.25) is 0 Å². The van der Waals surface area contributed by atoms with Crippen molar-refractivity contribution in [2.24, 2.45) is 29.6 Å². The van der Waals surface area contributed by atoms with E-state index in [1.165, 1.54) is 135 Å². The molecule has 0 aromatic carbocycles. The number of unbranched alkanes of at least 4 members (excludes halogenated alkanes) is 3. The lowest BCUT2D eigenvalue weighted by atomic mass is 9.69. The molecule has 2 rings (SSSR count). The highest BCUT2D eigenvalue weighted by Gasteiger charge is 2.29. The van der Waals surface area contributed by atoms with Gasteiger partial charge in [0.05, 0.1) is 0 Å². The van der Waals surface area contributed by atoms with Crippen molar-refractivity contribution in [1.82, 2.24) is 10.6 Å². The van der Waals surface area contributed by atoms with Crippen LogP contribution in [0.1, 0.15) is 156 Å². The molecule has 2 N–H and O–H groups in total. The Morgan fingerprint density at radius 3 is 2.32 bits per heavy atom. The quantitative estimate of drug-likeness (QED) is 0.0760. The fraction of sp³-hybridized carbons (Fsp3) is 0.846. The molecule has 0 amide bonds. The summed E-state index contributed by atoms with van der Waals surface area (Å²) in [5, 5.41) is 7.27. The Balaban J connectivity index is 1.60. The Morgan fingerprint density at radius 2 is 1.66 bits per heavy atom. The molecule has 238 valence electrons. The second-order valence-electron chi connectivity index (χ2n) is 13.7. The minimum absolute atomic E-state index is 0.586. The van der Waals surface area contributed by atoms with E-state index >= 15 is 0 Å². The van der Waals surface area contributed by atoms with Gasteiger partial charge in [0.1, 0.15) is 0 Å². The zero-order chi connectivity index (χ0) is 29.4. The maximum atomic E-state index is 4.01. The smallest absolute Gasteiger partial charge is 0.00769 e. The standard InChI is InChI=1S/C39H72N2/c1-5-9-12-22-35(8-4)33-41-31-30-40-29-18-17-21-34(7-3)20-15-16-27-38(32-36-23-19-24-36)39(28-10-6-2)37-25-13-11-14-26-37/h5,8-9,25,34-36,38-41H,4,6-7,10-24,26-33H2,1-3H3/b9-5-. The van der Waals surface area contributed by atoms with E-state index in [1.807, 2.05) is 5.57 Å². The monoisotopic (exact) mass is 569 g/mol. The topological polar surface area (TPSA) is 24.1 Å². The molecular formula is C39H72N2. The highest BCUT2D eigenvalue weighted by molar-refractivity contribution is 5.11. The first-order valence-corrected chi connectivity index (χ1v) is 18.6. The van der Waals surface area contributed by atoms with Crippen LogP contribution in [0, 0.1) is 29.6 Å². The zero-order valence-corrected chi connectivity index (χ0v) is 28.1. The molecule has 0 aliphatic heterocycles. The van der Waals surface area contributed by atoms with Crippen LogP contribution < -0.4 is 10.6 Å². The molecule has 4 unspecified atom stereocenters. The second kappa shape index (κ2) is 24.6. The maximum absolute atomic E-state index is 4.01. The van der Waals surface area contributed by atoms with E-state index in [-0.39, 0.29) is 0 Å². The van der Waals surface area contributed by atoms with Crippen LogP contribution >= 0.6 is 0 Å². The summed E-state index contributed by atoms with van der Waals surface area (Å²) in [5.41, 5.74) is 1.88. The molecule has 0 aromatic rings. The maximum Gasteiger partial charge on any atom is 0.00769 e. The summed E-state index contributed by atoms with van der Waals surface area (Å²) in [6.45, 7) is 15.3. The lowest BCUT2D eigenvalue weighted by Crippen LogP contribution is -2.30. The summed E-state index contributed by atoms with van der Waals surface area (Å²) in [5.74, 6) is 4.46. The third-order valence-corrected chi connectivity index (χ3v) is 10.5. The van der Waals surface area contributed by atoms with E-state index in [9.17, 15) is 0 Å². The average Bonchev–Trinajstić information content (AvgIpc) is 2.98. The van der Waals surface area contributed by atoms with Crippen molar-refractivity contribution in [3.8, 4) is 0 Å². The lowest BCUT2D eigenvalue weighted by molar-refractivity contribution is 0.193. The Kier molecular flexibility index (Phi) is 21.8. The molecule has 4 atom stereocenters. The van der Waals surface area contributed by atoms with E-state index in [0.29, 0.717) is 5.92 Å². The fourth-order valence-corrected chi connectivity index (χ4v) is 7.43. The van der Waals surface area contributed by atoms with Crippen LogP contribution in [0.2, 0.25) is 0 Å². The van der Waals surface area contributed by atoms with Crippen molar-refractivity contribution in [3.05, 3.63) is 36.5 Å². The van der Waals surface area contributed by atoms with Crippen LogP contribution in [0.5, 0.6) is 0 Å². The third-order valence-electron chi connectivity index (χ3n) is 10.5. The molecule has 1 fully saturated rings. The Bertz CT molecular complexity index is 675. The summed E-state index contributed by atoms with van der Waals surface area (Å²) in [4.78, 5) is 0. The third kappa shape index (κ3) is 16.5. The van der Waals surface area contributed by atoms with Crippen LogP contribution in [0.3, 0.4) is 0 Å². The predicted molar refractivity (Wildman–Crippen MR) is 185 cm³/mol. The molecule has 0 spiro atoms. The molecule has 0 saturated heterocycles. The van der Waals surface area contributed by atoms with Crippen LogP contribution in [0.15, 0.2) is 36.5 Å². The van der Waals surface area contributed by atoms with Crippen molar-refractivity contribution in [2.45, 2.75) is 156 Å². The number of rotatable bonds is 27. The van der Waals surface area contributed by atoms with E-state index in [1.54, 1.807) is 0 Å². The molecule has 0 radical (unpaired) electrons. The summed E-state index contributed by atoms with van der Waals surface area (Å²) >= 11 is 0. The minimum atomic E-state index is 0.586. The highest BCUT2D eigenvalue weighted by Crippen LogP contribution is 2.42. The van der Waals surface area contributed by atoms with Crippen molar-refractivity contribution in [2.75, 3.05) is 26.2 Å². The summed E-state index contributed by atoms with van der Waals surface area (Å²) in [6.07, 6.45) is 38.9. The van der Waals surface area contributed by atoms with Crippen molar-refractivity contribution in [3.63, 3.8) is 0 Å². The molecule has 0 bridgehead atoms. The molecular weight excluding hydrogens is 496 g/mol. The molecule has 2 aliphatic rings. The van der Waals surface area contributed by atoms with Gasteiger partial charge in [-0.15, -0.1) is 6.58 Å². The fourth-order valence-electron chi connectivity index (χ4n) is 7.43. The molecule has 2 heteroatoms. The zero-order valence-electron chi connectivity index (χ0n) is 28.1. The van der Waals surface area contributed by atoms with Crippen LogP contribution in [-0.4, -0.2) is 26.2 Å². The summed E-state index contributed by atoms with van der Waals surface area (Å²) < 4.78 is 0. The summed E-state index contributed by atoms with van der Waals surface area (Å²) in [7, 11) is 0. The molecule has 0 heterocycles. The normalized spacial score (nSPS) is 19.0. The van der Waals surface area contributed by atoms with Gasteiger partial charge in [-0.3, -0.25) is 0 Å². The van der Waals surface area contributed by atoms with E-state index in [4.69, 9.17) is 0 Å². The molecule has 2 aliphatic carbocycles. The van der Waals surface area contributed by atoms with Gasteiger partial charge in [0, 0.05) is 19.6 Å².